The summed E-state index contributed by atoms with van der Waals surface area (Å²) < 4.78 is 46.9. The Morgan fingerprint density at radius 3 is 2.59 bits per heavy atom. The fraction of sp³-hybridized carbons (Fsp3) is 0.458. The maximum Gasteiger partial charge on any atom is 0.433 e. The summed E-state index contributed by atoms with van der Waals surface area (Å²) in [7, 11) is 0. The van der Waals surface area contributed by atoms with E-state index in [9.17, 15) is 23.1 Å². The molecule has 180 valence electrons. The summed E-state index contributed by atoms with van der Waals surface area (Å²) in [6.07, 6.45) is 2.88. The zero-order valence-corrected chi connectivity index (χ0v) is 18.4. The van der Waals surface area contributed by atoms with E-state index in [1.165, 1.54) is 6.07 Å². The predicted octanol–water partition coefficient (Wildman–Crippen LogP) is 4.97. The summed E-state index contributed by atoms with van der Waals surface area (Å²) in [6, 6.07) is 6.96. The molecule has 2 heterocycles. The van der Waals surface area contributed by atoms with Crippen molar-refractivity contribution in [1.29, 1.82) is 0 Å². The van der Waals surface area contributed by atoms with Crippen molar-refractivity contribution < 1.29 is 27.8 Å². The van der Waals surface area contributed by atoms with E-state index < -0.39 is 17.8 Å². The highest BCUT2D eigenvalue weighted by Crippen LogP contribution is 2.37. The number of aliphatic hydroxyl groups is 1. The van der Waals surface area contributed by atoms with Gasteiger partial charge in [0.1, 0.15) is 17.1 Å². The van der Waals surface area contributed by atoms with Crippen molar-refractivity contribution in [3.8, 4) is 5.75 Å². The standard InChI is InChI=1S/C24H25F3N4O3/c25-24(26,27)22-3-1-2-18(28-22)23(33)29-20-10-15-12-31(16-6-4-14(13-32)5-7-16)30-19(15)11-21(20)34-17-8-9-17/h1-3,10-12,14,16-17,32H,4-9,13H2,(H,29,33)/t14-,16-. The first-order valence-electron chi connectivity index (χ1n) is 11.5. The molecule has 2 aliphatic carbocycles. The van der Waals surface area contributed by atoms with Crippen LogP contribution in [-0.4, -0.2) is 38.5 Å². The molecular formula is C24H25F3N4O3. The molecule has 3 aromatic rings. The average Bonchev–Trinajstić information content (AvgIpc) is 3.55. The number of carbonyl (C=O) groups is 1. The van der Waals surface area contributed by atoms with E-state index in [4.69, 9.17) is 9.84 Å². The lowest BCUT2D eigenvalue weighted by atomic mass is 9.87. The Morgan fingerprint density at radius 2 is 1.91 bits per heavy atom. The van der Waals surface area contributed by atoms with Gasteiger partial charge in [0, 0.05) is 24.3 Å². The Bertz CT molecular complexity index is 1200. The number of hydrogen-bond donors (Lipinski definition) is 2. The number of nitrogens with one attached hydrogen (secondary N) is 1. The number of anilines is 1. The number of hydrogen-bond acceptors (Lipinski definition) is 5. The molecule has 10 heteroatoms. The number of ether oxygens (including phenoxy) is 1. The summed E-state index contributed by atoms with van der Waals surface area (Å²) in [4.78, 5) is 16.2. The molecule has 0 saturated heterocycles. The second-order valence-corrected chi connectivity index (χ2v) is 9.05. The Hall–Kier alpha value is -3.14. The van der Waals surface area contributed by atoms with E-state index in [1.54, 1.807) is 12.1 Å². The number of amides is 1. The van der Waals surface area contributed by atoms with Crippen LogP contribution in [0, 0.1) is 5.92 Å². The molecule has 1 amide bonds. The van der Waals surface area contributed by atoms with E-state index in [-0.39, 0.29) is 24.4 Å². The van der Waals surface area contributed by atoms with Crippen LogP contribution in [0.5, 0.6) is 5.75 Å². The molecule has 0 spiro atoms. The monoisotopic (exact) mass is 474 g/mol. The van der Waals surface area contributed by atoms with Crippen LogP contribution in [0.15, 0.2) is 36.5 Å². The molecule has 2 N–H and O–H groups in total. The van der Waals surface area contributed by atoms with E-state index >= 15 is 0 Å². The highest BCUT2D eigenvalue weighted by Gasteiger charge is 2.33. The summed E-state index contributed by atoms with van der Waals surface area (Å²) in [6.45, 7) is 0.208. The fourth-order valence-corrected chi connectivity index (χ4v) is 4.32. The molecule has 2 fully saturated rings. The van der Waals surface area contributed by atoms with Gasteiger partial charge in [-0.25, -0.2) is 4.98 Å². The van der Waals surface area contributed by atoms with E-state index in [0.29, 0.717) is 17.4 Å². The van der Waals surface area contributed by atoms with Crippen LogP contribution < -0.4 is 10.1 Å². The summed E-state index contributed by atoms with van der Waals surface area (Å²) >= 11 is 0. The van der Waals surface area contributed by atoms with Crippen LogP contribution in [-0.2, 0) is 6.18 Å². The number of halogens is 3. The minimum Gasteiger partial charge on any atom is -0.488 e. The Kier molecular flexibility index (Phi) is 5.93. The predicted molar refractivity (Wildman–Crippen MR) is 119 cm³/mol. The first-order chi connectivity index (χ1) is 16.3. The normalized spacial score (nSPS) is 20.9. The third-order valence-corrected chi connectivity index (χ3v) is 6.41. The molecule has 34 heavy (non-hydrogen) atoms. The zero-order chi connectivity index (χ0) is 23.9. The second kappa shape index (κ2) is 8.90. The van der Waals surface area contributed by atoms with Crippen molar-refractivity contribution in [1.82, 2.24) is 14.8 Å². The van der Waals surface area contributed by atoms with Gasteiger partial charge in [-0.2, -0.15) is 18.3 Å². The quantitative estimate of drug-likeness (QED) is 0.527. The number of aliphatic hydroxyl groups excluding tert-OH is 1. The molecule has 2 aliphatic rings. The molecule has 0 unspecified atom stereocenters. The van der Waals surface area contributed by atoms with E-state index in [2.05, 4.69) is 10.3 Å². The van der Waals surface area contributed by atoms with Crippen molar-refractivity contribution >= 4 is 22.5 Å². The van der Waals surface area contributed by atoms with Crippen molar-refractivity contribution in [3.63, 3.8) is 0 Å². The number of alkyl halides is 3. The van der Waals surface area contributed by atoms with Gasteiger partial charge in [-0.1, -0.05) is 6.07 Å². The number of benzene rings is 1. The van der Waals surface area contributed by atoms with Crippen molar-refractivity contribution in [2.24, 2.45) is 5.92 Å². The summed E-state index contributed by atoms with van der Waals surface area (Å²) in [5, 5.41) is 17.6. The van der Waals surface area contributed by atoms with Crippen molar-refractivity contribution in [3.05, 3.63) is 47.9 Å². The molecule has 1 aromatic carbocycles. The first-order valence-corrected chi connectivity index (χ1v) is 11.5. The van der Waals surface area contributed by atoms with Crippen LogP contribution in [0.4, 0.5) is 18.9 Å². The molecule has 0 aliphatic heterocycles. The number of carbonyl (C=O) groups excluding carboxylic acids is 1. The van der Waals surface area contributed by atoms with Gasteiger partial charge < -0.3 is 15.2 Å². The van der Waals surface area contributed by atoms with Crippen LogP contribution in [0.2, 0.25) is 0 Å². The Balaban J connectivity index is 1.42. The van der Waals surface area contributed by atoms with Gasteiger partial charge in [0.05, 0.1) is 23.3 Å². The number of aromatic nitrogens is 3. The average molecular weight is 474 g/mol. The lowest BCUT2D eigenvalue weighted by Gasteiger charge is -2.27. The maximum atomic E-state index is 13.0. The third kappa shape index (κ3) is 4.86. The van der Waals surface area contributed by atoms with Gasteiger partial charge in [-0.15, -0.1) is 0 Å². The highest BCUT2D eigenvalue weighted by molar-refractivity contribution is 6.05. The summed E-state index contributed by atoms with van der Waals surface area (Å²) in [5.41, 5.74) is -0.367. The largest absolute Gasteiger partial charge is 0.488 e. The van der Waals surface area contributed by atoms with Gasteiger partial charge in [-0.05, 0) is 62.6 Å². The van der Waals surface area contributed by atoms with Crippen LogP contribution in [0.25, 0.3) is 10.9 Å². The molecular weight excluding hydrogens is 449 g/mol. The van der Waals surface area contributed by atoms with Crippen LogP contribution in [0.3, 0.4) is 0 Å². The Morgan fingerprint density at radius 1 is 1.15 bits per heavy atom. The molecule has 2 aromatic heterocycles. The molecule has 0 bridgehead atoms. The molecule has 7 nitrogen and oxygen atoms in total. The smallest absolute Gasteiger partial charge is 0.433 e. The zero-order valence-electron chi connectivity index (χ0n) is 18.4. The molecule has 0 radical (unpaired) electrons. The lowest BCUT2D eigenvalue weighted by Crippen LogP contribution is -2.20. The molecule has 0 atom stereocenters. The number of rotatable bonds is 6. The van der Waals surface area contributed by atoms with Gasteiger partial charge in [-0.3, -0.25) is 9.48 Å². The highest BCUT2D eigenvalue weighted by atomic mass is 19.4. The van der Waals surface area contributed by atoms with Gasteiger partial charge in [0.2, 0.25) is 0 Å². The van der Waals surface area contributed by atoms with Gasteiger partial charge in [0.15, 0.2) is 0 Å². The Labute approximate surface area is 193 Å². The number of nitrogens with zero attached hydrogens (tertiary/aromatic N) is 3. The first kappa shape index (κ1) is 22.6. The van der Waals surface area contributed by atoms with Crippen LogP contribution in [0.1, 0.15) is 60.7 Å². The maximum absolute atomic E-state index is 13.0. The third-order valence-electron chi connectivity index (χ3n) is 6.41. The van der Waals surface area contributed by atoms with Gasteiger partial charge in [0.25, 0.3) is 5.91 Å². The summed E-state index contributed by atoms with van der Waals surface area (Å²) in [5.74, 6) is 0.0245. The van der Waals surface area contributed by atoms with E-state index in [0.717, 1.165) is 61.6 Å². The second-order valence-electron chi connectivity index (χ2n) is 9.05. The minimum absolute atomic E-state index is 0.0515. The van der Waals surface area contributed by atoms with Crippen molar-refractivity contribution in [2.75, 3.05) is 11.9 Å². The topological polar surface area (TPSA) is 89.3 Å². The molecule has 5 rings (SSSR count). The fourth-order valence-electron chi connectivity index (χ4n) is 4.32. The number of pyridine rings is 1. The lowest BCUT2D eigenvalue weighted by molar-refractivity contribution is -0.141. The SMILES string of the molecule is O=C(Nc1cc2cn([C@H]3CC[C@H](CO)CC3)nc2cc1OC1CC1)c1cccc(C(F)(F)F)n1. The minimum atomic E-state index is -4.64. The van der Waals surface area contributed by atoms with Gasteiger partial charge >= 0.3 is 6.18 Å². The van der Waals surface area contributed by atoms with E-state index in [1.807, 2.05) is 10.9 Å². The van der Waals surface area contributed by atoms with Crippen molar-refractivity contribution in [2.45, 2.75) is 56.8 Å². The van der Waals surface area contributed by atoms with Crippen LogP contribution >= 0.6 is 0 Å². The number of fused-ring (bicyclic) bond motifs is 1. The molecule has 2 saturated carbocycles.